The predicted molar refractivity (Wildman–Crippen MR) is 76.2 cm³/mol. The quantitative estimate of drug-likeness (QED) is 0.806. The van der Waals surface area contributed by atoms with Gasteiger partial charge in [-0.15, -0.1) is 0 Å². The largest absolute Gasteiger partial charge is 0.481 e. The zero-order chi connectivity index (χ0) is 15.6. The van der Waals surface area contributed by atoms with Crippen molar-refractivity contribution in [3.8, 4) is 0 Å². The maximum atomic E-state index is 12.2. The molecule has 0 aromatic carbocycles. The fourth-order valence-corrected chi connectivity index (χ4v) is 2.34. The Hall–Kier alpha value is -1.85. The van der Waals surface area contributed by atoms with Gasteiger partial charge in [-0.25, -0.2) is 4.98 Å². The molecule has 1 amide bonds. The monoisotopic (exact) mass is 294 g/mol. The minimum Gasteiger partial charge on any atom is -0.481 e. The molecule has 2 N–H and O–H groups in total. The lowest BCUT2D eigenvalue weighted by atomic mass is 9.82. The van der Waals surface area contributed by atoms with Crippen LogP contribution in [0.4, 0.5) is 0 Å². The Morgan fingerprint density at radius 3 is 2.48 bits per heavy atom. The van der Waals surface area contributed by atoms with E-state index in [9.17, 15) is 14.7 Å². The standard InChI is InChI=1S/C15H22N2O4/c1-4-15(5-2,14(19)20)8-16-12(18)11-9(3)17-13(21-11)10-6-7-10/h10H,4-8H2,1-3H3,(H,16,18)(H,19,20). The molecule has 2 rings (SSSR count). The number of hydrogen-bond acceptors (Lipinski definition) is 4. The van der Waals surface area contributed by atoms with Gasteiger partial charge in [-0.3, -0.25) is 9.59 Å². The van der Waals surface area contributed by atoms with E-state index in [-0.39, 0.29) is 18.2 Å². The minimum atomic E-state index is -0.928. The molecule has 1 saturated carbocycles. The molecule has 116 valence electrons. The Balaban J connectivity index is 2.05. The predicted octanol–water partition coefficient (Wildman–Crippen LogP) is 2.48. The summed E-state index contributed by atoms with van der Waals surface area (Å²) >= 11 is 0. The van der Waals surface area contributed by atoms with Gasteiger partial charge in [0.05, 0.1) is 11.1 Å². The third-order valence-electron chi connectivity index (χ3n) is 4.34. The van der Waals surface area contributed by atoms with Gasteiger partial charge < -0.3 is 14.8 Å². The highest BCUT2D eigenvalue weighted by Crippen LogP contribution is 2.40. The second kappa shape index (κ2) is 5.87. The molecule has 0 aliphatic heterocycles. The number of aliphatic carboxylic acids is 1. The average Bonchev–Trinajstić information content (AvgIpc) is 3.23. The van der Waals surface area contributed by atoms with E-state index in [0.717, 1.165) is 12.8 Å². The van der Waals surface area contributed by atoms with Crippen molar-refractivity contribution in [1.29, 1.82) is 0 Å². The Kier molecular flexibility index (Phi) is 4.34. The van der Waals surface area contributed by atoms with E-state index in [0.29, 0.717) is 30.3 Å². The Labute approximate surface area is 123 Å². The molecule has 21 heavy (non-hydrogen) atoms. The molecule has 0 spiro atoms. The fourth-order valence-electron chi connectivity index (χ4n) is 2.34. The van der Waals surface area contributed by atoms with Crippen LogP contribution in [-0.2, 0) is 4.79 Å². The number of carbonyl (C=O) groups excluding carboxylic acids is 1. The molecule has 1 fully saturated rings. The van der Waals surface area contributed by atoms with Gasteiger partial charge >= 0.3 is 5.97 Å². The molecule has 1 aliphatic carbocycles. The first kappa shape index (κ1) is 15.5. The molecule has 0 atom stereocenters. The summed E-state index contributed by atoms with van der Waals surface area (Å²) in [5.74, 6) is -0.119. The average molecular weight is 294 g/mol. The molecular formula is C15H22N2O4. The van der Waals surface area contributed by atoms with Gasteiger partial charge in [0.25, 0.3) is 5.91 Å². The van der Waals surface area contributed by atoms with Crippen LogP contribution >= 0.6 is 0 Å². The second-order valence-electron chi connectivity index (χ2n) is 5.72. The number of carbonyl (C=O) groups is 2. The van der Waals surface area contributed by atoms with Crippen molar-refractivity contribution in [2.75, 3.05) is 6.54 Å². The zero-order valence-electron chi connectivity index (χ0n) is 12.7. The smallest absolute Gasteiger partial charge is 0.311 e. The SMILES string of the molecule is CCC(CC)(CNC(=O)c1oc(C2CC2)nc1C)C(=O)O. The lowest BCUT2D eigenvalue weighted by Crippen LogP contribution is -2.42. The maximum absolute atomic E-state index is 12.2. The molecule has 6 nitrogen and oxygen atoms in total. The molecule has 0 unspecified atom stereocenters. The summed E-state index contributed by atoms with van der Waals surface area (Å²) < 4.78 is 5.52. The number of hydrogen-bond donors (Lipinski definition) is 2. The number of rotatable bonds is 7. The van der Waals surface area contributed by atoms with Crippen LogP contribution in [0.2, 0.25) is 0 Å². The highest BCUT2D eigenvalue weighted by molar-refractivity contribution is 5.92. The van der Waals surface area contributed by atoms with Crippen LogP contribution in [0, 0.1) is 12.3 Å². The second-order valence-corrected chi connectivity index (χ2v) is 5.72. The van der Waals surface area contributed by atoms with Gasteiger partial charge in [0.15, 0.2) is 5.89 Å². The molecule has 1 heterocycles. The molecule has 6 heteroatoms. The summed E-state index contributed by atoms with van der Waals surface area (Å²) in [5, 5.41) is 12.0. The summed E-state index contributed by atoms with van der Waals surface area (Å²) in [6.45, 7) is 5.45. The molecular weight excluding hydrogens is 272 g/mol. The number of carboxylic acids is 1. The number of oxazole rings is 1. The Morgan fingerprint density at radius 2 is 2.00 bits per heavy atom. The van der Waals surface area contributed by atoms with Gasteiger partial charge in [-0.05, 0) is 32.6 Å². The summed E-state index contributed by atoms with van der Waals surface area (Å²) in [6, 6.07) is 0. The molecule has 1 aliphatic rings. The van der Waals surface area contributed by atoms with E-state index < -0.39 is 11.4 Å². The van der Waals surface area contributed by atoms with E-state index in [2.05, 4.69) is 10.3 Å². The summed E-state index contributed by atoms with van der Waals surface area (Å²) in [6.07, 6.45) is 3.02. The molecule has 1 aromatic heterocycles. The van der Waals surface area contributed by atoms with Crippen LogP contribution in [0.25, 0.3) is 0 Å². The Morgan fingerprint density at radius 1 is 1.38 bits per heavy atom. The van der Waals surface area contributed by atoms with Gasteiger partial charge in [0, 0.05) is 12.5 Å². The van der Waals surface area contributed by atoms with E-state index in [1.54, 1.807) is 6.92 Å². The first-order valence-electron chi connectivity index (χ1n) is 7.42. The van der Waals surface area contributed by atoms with Crippen molar-refractivity contribution in [2.24, 2.45) is 5.41 Å². The van der Waals surface area contributed by atoms with Gasteiger partial charge in [0.2, 0.25) is 5.76 Å². The first-order valence-corrected chi connectivity index (χ1v) is 7.42. The molecule has 1 aromatic rings. The van der Waals surface area contributed by atoms with E-state index in [1.807, 2.05) is 13.8 Å². The lowest BCUT2D eigenvalue weighted by Gasteiger charge is -2.26. The Bertz CT molecular complexity index is 542. The highest BCUT2D eigenvalue weighted by Gasteiger charge is 2.36. The van der Waals surface area contributed by atoms with Crippen LogP contribution in [-0.4, -0.2) is 28.5 Å². The lowest BCUT2D eigenvalue weighted by molar-refractivity contribution is -0.149. The van der Waals surface area contributed by atoms with Crippen molar-refractivity contribution in [1.82, 2.24) is 10.3 Å². The minimum absolute atomic E-state index is 0.0903. The first-order chi connectivity index (χ1) is 9.93. The van der Waals surface area contributed by atoms with Gasteiger partial charge in [-0.1, -0.05) is 13.8 Å². The normalized spacial score (nSPS) is 15.0. The zero-order valence-corrected chi connectivity index (χ0v) is 12.7. The van der Waals surface area contributed by atoms with Gasteiger partial charge in [0.1, 0.15) is 0 Å². The number of nitrogens with zero attached hydrogens (tertiary/aromatic N) is 1. The summed E-state index contributed by atoms with van der Waals surface area (Å²) in [5.41, 5.74) is -0.369. The topological polar surface area (TPSA) is 92.4 Å². The third-order valence-corrected chi connectivity index (χ3v) is 4.34. The number of nitrogens with one attached hydrogen (secondary N) is 1. The summed E-state index contributed by atoms with van der Waals surface area (Å²) in [7, 11) is 0. The van der Waals surface area contributed by atoms with Crippen LogP contribution in [0.3, 0.4) is 0 Å². The van der Waals surface area contributed by atoms with Crippen LogP contribution < -0.4 is 5.32 Å². The van der Waals surface area contributed by atoms with E-state index >= 15 is 0 Å². The summed E-state index contributed by atoms with van der Waals surface area (Å²) in [4.78, 5) is 27.9. The maximum Gasteiger partial charge on any atom is 0.311 e. The highest BCUT2D eigenvalue weighted by atomic mass is 16.4. The molecule has 0 bridgehead atoms. The van der Waals surface area contributed by atoms with Gasteiger partial charge in [-0.2, -0.15) is 0 Å². The van der Waals surface area contributed by atoms with Crippen LogP contribution in [0.15, 0.2) is 4.42 Å². The van der Waals surface area contributed by atoms with Crippen LogP contribution in [0.1, 0.15) is 67.6 Å². The van der Waals surface area contributed by atoms with Crippen molar-refractivity contribution in [3.05, 3.63) is 17.3 Å². The molecule has 0 saturated heterocycles. The van der Waals surface area contributed by atoms with E-state index in [4.69, 9.17) is 4.42 Å². The molecule has 0 radical (unpaired) electrons. The van der Waals surface area contributed by atoms with Crippen LogP contribution in [0.5, 0.6) is 0 Å². The number of carboxylic acid groups (broad SMARTS) is 1. The fraction of sp³-hybridized carbons (Fsp3) is 0.667. The van der Waals surface area contributed by atoms with Crippen molar-refractivity contribution in [2.45, 2.75) is 52.4 Å². The van der Waals surface area contributed by atoms with E-state index in [1.165, 1.54) is 0 Å². The number of amides is 1. The third kappa shape index (κ3) is 3.09. The van der Waals surface area contributed by atoms with Crippen molar-refractivity contribution >= 4 is 11.9 Å². The number of aromatic nitrogens is 1. The number of aryl methyl sites for hydroxylation is 1. The van der Waals surface area contributed by atoms with Crippen molar-refractivity contribution in [3.63, 3.8) is 0 Å². The van der Waals surface area contributed by atoms with Crippen molar-refractivity contribution < 1.29 is 19.1 Å².